The van der Waals surface area contributed by atoms with Crippen LogP contribution in [0.3, 0.4) is 0 Å². The van der Waals surface area contributed by atoms with Gasteiger partial charge in [-0.1, -0.05) is 4.49 Å². The van der Waals surface area contributed by atoms with Crippen molar-refractivity contribution >= 4 is 22.4 Å². The minimum atomic E-state index is -0.311. The van der Waals surface area contributed by atoms with E-state index in [1.807, 2.05) is 6.92 Å². The van der Waals surface area contributed by atoms with E-state index in [0.717, 1.165) is 30.2 Å². The van der Waals surface area contributed by atoms with Gasteiger partial charge in [-0.05, 0) is 19.9 Å². The summed E-state index contributed by atoms with van der Waals surface area (Å²) in [6, 6.07) is 0. The number of hydrogen-bond donors (Lipinski definition) is 3. The molecular formula is C10H18N6OS. The van der Waals surface area contributed by atoms with Crippen LogP contribution in [0.1, 0.15) is 19.0 Å². The molecule has 0 spiro atoms. The molecule has 1 aliphatic rings. The van der Waals surface area contributed by atoms with Gasteiger partial charge in [0, 0.05) is 31.7 Å². The Morgan fingerprint density at radius 2 is 2.44 bits per heavy atom. The molecule has 0 saturated carbocycles. The molecule has 2 heterocycles. The van der Waals surface area contributed by atoms with Gasteiger partial charge in [-0.25, -0.2) is 5.84 Å². The first-order valence-electron chi connectivity index (χ1n) is 5.81. The van der Waals surface area contributed by atoms with E-state index >= 15 is 0 Å². The Hall–Kier alpha value is -1.25. The molecular weight excluding hydrogens is 252 g/mol. The summed E-state index contributed by atoms with van der Waals surface area (Å²) in [7, 11) is 1.68. The van der Waals surface area contributed by atoms with E-state index in [0.29, 0.717) is 6.54 Å². The van der Waals surface area contributed by atoms with Gasteiger partial charge in [-0.15, -0.1) is 5.10 Å². The Balaban J connectivity index is 2.00. The van der Waals surface area contributed by atoms with Crippen LogP contribution >= 0.6 is 11.5 Å². The van der Waals surface area contributed by atoms with E-state index in [9.17, 15) is 4.79 Å². The maximum Gasteiger partial charge on any atom is 0.227 e. The van der Waals surface area contributed by atoms with Crippen molar-refractivity contribution in [2.24, 2.45) is 11.3 Å². The van der Waals surface area contributed by atoms with E-state index < -0.39 is 0 Å². The summed E-state index contributed by atoms with van der Waals surface area (Å²) in [5.41, 5.74) is 3.12. The molecule has 1 aromatic heterocycles. The first-order valence-corrected chi connectivity index (χ1v) is 6.59. The van der Waals surface area contributed by atoms with Crippen LogP contribution in [0.25, 0.3) is 0 Å². The average molecular weight is 270 g/mol. The zero-order chi connectivity index (χ0) is 13.2. The Morgan fingerprint density at radius 3 is 3.11 bits per heavy atom. The number of carbonyl (C=O) groups excluding carboxylic acids is 1. The third-order valence-corrected chi connectivity index (χ3v) is 4.09. The minimum Gasteiger partial charge on any atom is -0.359 e. The highest BCUT2D eigenvalue weighted by Gasteiger charge is 2.39. The van der Waals surface area contributed by atoms with Gasteiger partial charge >= 0.3 is 0 Å². The normalized spacial score (nSPS) is 24.2. The first kappa shape index (κ1) is 13.2. The predicted octanol–water partition coefficient (Wildman–Crippen LogP) is -0.218. The molecule has 1 amide bonds. The molecule has 100 valence electrons. The highest BCUT2D eigenvalue weighted by atomic mass is 32.1. The maximum absolute atomic E-state index is 11.8. The quantitative estimate of drug-likeness (QED) is 0.517. The molecule has 2 rings (SSSR count). The average Bonchev–Trinajstić information content (AvgIpc) is 2.96. The number of carbonyl (C=O) groups is 1. The van der Waals surface area contributed by atoms with E-state index in [-0.39, 0.29) is 11.3 Å². The third-order valence-electron chi connectivity index (χ3n) is 3.39. The van der Waals surface area contributed by atoms with Crippen molar-refractivity contribution in [3.8, 4) is 0 Å². The topological polar surface area (TPSA) is 96.2 Å². The number of nitrogen functional groups attached to an aromatic ring is 1. The van der Waals surface area contributed by atoms with E-state index in [1.54, 1.807) is 7.05 Å². The number of aromatic nitrogens is 2. The van der Waals surface area contributed by atoms with Crippen LogP contribution in [-0.4, -0.2) is 40.5 Å². The second-order valence-corrected chi connectivity index (χ2v) is 5.55. The second-order valence-electron chi connectivity index (χ2n) is 4.79. The molecule has 8 heteroatoms. The molecule has 1 aromatic rings. The molecule has 1 unspecified atom stereocenters. The van der Waals surface area contributed by atoms with Crippen LogP contribution in [0.2, 0.25) is 0 Å². The molecule has 7 nitrogen and oxygen atoms in total. The summed E-state index contributed by atoms with van der Waals surface area (Å²) in [5.74, 6) is 5.49. The van der Waals surface area contributed by atoms with Gasteiger partial charge < -0.3 is 10.7 Å². The van der Waals surface area contributed by atoms with E-state index in [1.165, 1.54) is 11.5 Å². The summed E-state index contributed by atoms with van der Waals surface area (Å²) in [5, 5.41) is 7.55. The molecule has 0 aliphatic carbocycles. The lowest BCUT2D eigenvalue weighted by molar-refractivity contribution is -0.129. The number of hydrogen-bond acceptors (Lipinski definition) is 7. The van der Waals surface area contributed by atoms with Crippen molar-refractivity contribution in [1.29, 1.82) is 0 Å². The monoisotopic (exact) mass is 270 g/mol. The van der Waals surface area contributed by atoms with Crippen LogP contribution in [-0.2, 0) is 11.3 Å². The molecule has 1 fully saturated rings. The lowest BCUT2D eigenvalue weighted by Gasteiger charge is -2.22. The zero-order valence-electron chi connectivity index (χ0n) is 10.6. The Labute approximate surface area is 110 Å². The molecule has 18 heavy (non-hydrogen) atoms. The number of hydrazine groups is 1. The number of likely N-dealkylation sites (tertiary alicyclic amines) is 1. The number of anilines is 1. The molecule has 1 saturated heterocycles. The van der Waals surface area contributed by atoms with Crippen molar-refractivity contribution in [3.05, 3.63) is 5.69 Å². The van der Waals surface area contributed by atoms with Crippen LogP contribution in [0.5, 0.6) is 0 Å². The summed E-state index contributed by atoms with van der Waals surface area (Å²) >= 11 is 1.24. The number of nitrogens with zero attached hydrogens (tertiary/aromatic N) is 3. The summed E-state index contributed by atoms with van der Waals surface area (Å²) in [6.07, 6.45) is 0.857. The van der Waals surface area contributed by atoms with Crippen molar-refractivity contribution in [2.75, 3.05) is 25.6 Å². The molecule has 1 atom stereocenters. The Bertz CT molecular complexity index is 436. The number of amides is 1. The second kappa shape index (κ2) is 5.17. The third kappa shape index (κ3) is 2.45. The predicted molar refractivity (Wildman–Crippen MR) is 69.8 cm³/mol. The zero-order valence-corrected chi connectivity index (χ0v) is 11.4. The van der Waals surface area contributed by atoms with Crippen LogP contribution in [0, 0.1) is 5.41 Å². The lowest BCUT2D eigenvalue weighted by Crippen LogP contribution is -2.39. The number of nitrogens with one attached hydrogen (secondary N) is 2. The van der Waals surface area contributed by atoms with Gasteiger partial charge in [-0.2, -0.15) is 0 Å². The van der Waals surface area contributed by atoms with Gasteiger partial charge in [0.1, 0.15) is 10.7 Å². The molecule has 1 aliphatic heterocycles. The highest BCUT2D eigenvalue weighted by molar-refractivity contribution is 7.10. The molecule has 0 radical (unpaired) electrons. The van der Waals surface area contributed by atoms with Gasteiger partial charge in [0.05, 0.1) is 5.41 Å². The van der Waals surface area contributed by atoms with E-state index in [4.69, 9.17) is 5.84 Å². The van der Waals surface area contributed by atoms with Crippen LogP contribution in [0.15, 0.2) is 0 Å². The lowest BCUT2D eigenvalue weighted by atomic mass is 9.89. The van der Waals surface area contributed by atoms with Gasteiger partial charge in [0.2, 0.25) is 5.91 Å². The van der Waals surface area contributed by atoms with Crippen molar-refractivity contribution in [2.45, 2.75) is 19.9 Å². The highest BCUT2D eigenvalue weighted by Crippen LogP contribution is 2.31. The summed E-state index contributed by atoms with van der Waals surface area (Å²) < 4.78 is 3.87. The summed E-state index contributed by atoms with van der Waals surface area (Å²) in [4.78, 5) is 14.0. The first-order chi connectivity index (χ1) is 8.59. The fourth-order valence-electron chi connectivity index (χ4n) is 2.31. The van der Waals surface area contributed by atoms with Gasteiger partial charge in [0.15, 0.2) is 0 Å². The Kier molecular flexibility index (Phi) is 3.79. The SMILES string of the molecule is CNC(=O)C1(C)CCN(Cc2nnsc2NN)C1. The fraction of sp³-hybridized carbons (Fsp3) is 0.700. The van der Waals surface area contributed by atoms with Crippen molar-refractivity contribution in [1.82, 2.24) is 19.8 Å². The molecule has 4 N–H and O–H groups in total. The Morgan fingerprint density at radius 1 is 1.67 bits per heavy atom. The fourth-order valence-corrected chi connectivity index (χ4v) is 2.80. The van der Waals surface area contributed by atoms with Crippen LogP contribution < -0.4 is 16.6 Å². The number of nitrogens with two attached hydrogens (primary N) is 1. The number of rotatable bonds is 4. The van der Waals surface area contributed by atoms with Crippen molar-refractivity contribution < 1.29 is 4.79 Å². The van der Waals surface area contributed by atoms with E-state index in [2.05, 4.69) is 25.2 Å². The van der Waals surface area contributed by atoms with Crippen LogP contribution in [0.4, 0.5) is 5.00 Å². The van der Waals surface area contributed by atoms with Gasteiger partial charge in [-0.3, -0.25) is 9.69 Å². The standard InChI is InChI=1S/C10H18N6OS/c1-10(9(17)12-2)3-4-16(6-10)5-7-8(13-11)18-15-14-7/h13H,3-6,11H2,1-2H3,(H,12,17). The van der Waals surface area contributed by atoms with Gasteiger partial charge in [0.25, 0.3) is 0 Å². The summed E-state index contributed by atoms with van der Waals surface area (Å²) in [6.45, 7) is 4.27. The molecule has 0 bridgehead atoms. The minimum absolute atomic E-state index is 0.0959. The molecule has 0 aromatic carbocycles. The maximum atomic E-state index is 11.8. The smallest absolute Gasteiger partial charge is 0.227 e. The largest absolute Gasteiger partial charge is 0.359 e. The van der Waals surface area contributed by atoms with Crippen molar-refractivity contribution in [3.63, 3.8) is 0 Å².